The van der Waals surface area contributed by atoms with Crippen LogP contribution >= 0.6 is 10.7 Å². The maximum Gasteiger partial charge on any atom is 0.262 e. The van der Waals surface area contributed by atoms with Crippen LogP contribution in [0.15, 0.2) is 23.2 Å². The molecule has 1 aromatic heterocycles. The largest absolute Gasteiger partial charge is 0.475 e. The number of pyridine rings is 1. The zero-order valence-electron chi connectivity index (χ0n) is 9.00. The van der Waals surface area contributed by atoms with Gasteiger partial charge in [0.25, 0.3) is 9.05 Å². The minimum absolute atomic E-state index is 0.0383. The lowest BCUT2D eigenvalue weighted by atomic mass is 10.2. The summed E-state index contributed by atoms with van der Waals surface area (Å²) < 4.78 is 32.7. The molecule has 0 spiro atoms. The Morgan fingerprint density at radius 1 is 1.53 bits per heavy atom. The molecule has 0 N–H and O–H groups in total. The Hall–Kier alpha value is -0.850. The van der Waals surface area contributed by atoms with Gasteiger partial charge in [0.2, 0.25) is 5.88 Å². The molecule has 1 aromatic rings. The number of halogens is 1. The van der Waals surface area contributed by atoms with Crippen LogP contribution in [-0.2, 0) is 13.8 Å². The van der Waals surface area contributed by atoms with Crippen LogP contribution in [0.4, 0.5) is 0 Å². The number of hydrogen-bond donors (Lipinski definition) is 0. The summed E-state index contributed by atoms with van der Waals surface area (Å²) in [5.41, 5.74) is 0. The van der Waals surface area contributed by atoms with E-state index in [1.807, 2.05) is 0 Å². The van der Waals surface area contributed by atoms with Crippen molar-refractivity contribution >= 4 is 19.7 Å². The van der Waals surface area contributed by atoms with Gasteiger partial charge >= 0.3 is 0 Å². The Balaban J connectivity index is 1.94. The molecule has 1 aliphatic heterocycles. The van der Waals surface area contributed by atoms with Gasteiger partial charge in [-0.15, -0.1) is 0 Å². The molecule has 0 bridgehead atoms. The van der Waals surface area contributed by atoms with Crippen LogP contribution in [0.3, 0.4) is 0 Å². The molecule has 0 radical (unpaired) electrons. The molecule has 1 unspecified atom stereocenters. The smallest absolute Gasteiger partial charge is 0.262 e. The lowest BCUT2D eigenvalue weighted by Crippen LogP contribution is -2.16. The highest BCUT2D eigenvalue weighted by Crippen LogP contribution is 2.17. The van der Waals surface area contributed by atoms with Gasteiger partial charge in [-0.2, -0.15) is 0 Å². The van der Waals surface area contributed by atoms with Gasteiger partial charge in [0.15, 0.2) is 0 Å². The molecule has 0 saturated carbocycles. The zero-order valence-corrected chi connectivity index (χ0v) is 10.6. The van der Waals surface area contributed by atoms with Crippen molar-refractivity contribution in [1.82, 2.24) is 4.98 Å². The zero-order chi connectivity index (χ0) is 12.3. The van der Waals surface area contributed by atoms with Gasteiger partial charge in [-0.25, -0.2) is 13.4 Å². The molecule has 0 aliphatic carbocycles. The molecule has 1 aliphatic rings. The van der Waals surface area contributed by atoms with Crippen LogP contribution in [0.2, 0.25) is 0 Å². The van der Waals surface area contributed by atoms with Gasteiger partial charge in [0.1, 0.15) is 11.5 Å². The summed E-state index contributed by atoms with van der Waals surface area (Å²) in [6.07, 6.45) is 3.31. The Labute approximate surface area is 104 Å². The average molecular weight is 278 g/mol. The fourth-order valence-electron chi connectivity index (χ4n) is 1.55. The van der Waals surface area contributed by atoms with Gasteiger partial charge in [-0.05, 0) is 18.9 Å². The van der Waals surface area contributed by atoms with Gasteiger partial charge in [0, 0.05) is 23.4 Å². The Morgan fingerprint density at radius 2 is 2.35 bits per heavy atom. The number of aromatic nitrogens is 1. The predicted molar refractivity (Wildman–Crippen MR) is 61.7 cm³/mol. The van der Waals surface area contributed by atoms with Crippen molar-refractivity contribution in [2.45, 2.75) is 23.8 Å². The molecule has 1 saturated heterocycles. The highest BCUT2D eigenvalue weighted by Gasteiger charge is 2.16. The molecule has 2 heterocycles. The third-order valence-electron chi connectivity index (χ3n) is 2.43. The molecular weight excluding hydrogens is 266 g/mol. The first-order chi connectivity index (χ1) is 8.05. The lowest BCUT2D eigenvalue weighted by Gasteiger charge is -2.10. The van der Waals surface area contributed by atoms with Gasteiger partial charge < -0.3 is 9.47 Å². The van der Waals surface area contributed by atoms with E-state index >= 15 is 0 Å². The van der Waals surface area contributed by atoms with E-state index < -0.39 is 9.05 Å². The van der Waals surface area contributed by atoms with E-state index in [-0.39, 0.29) is 11.0 Å². The first kappa shape index (κ1) is 12.6. The van der Waals surface area contributed by atoms with Crippen LogP contribution in [0, 0.1) is 0 Å². The van der Waals surface area contributed by atoms with E-state index in [1.165, 1.54) is 18.3 Å². The Morgan fingerprint density at radius 3 is 2.88 bits per heavy atom. The number of nitrogens with zero attached hydrogens (tertiary/aromatic N) is 1. The summed E-state index contributed by atoms with van der Waals surface area (Å²) in [6, 6.07) is 2.84. The fourth-order valence-corrected chi connectivity index (χ4v) is 2.23. The predicted octanol–water partition coefficient (Wildman–Crippen LogP) is 1.57. The van der Waals surface area contributed by atoms with E-state index in [0.717, 1.165) is 19.4 Å². The van der Waals surface area contributed by atoms with Crippen LogP contribution in [0.5, 0.6) is 5.88 Å². The van der Waals surface area contributed by atoms with Crippen molar-refractivity contribution in [1.29, 1.82) is 0 Å². The van der Waals surface area contributed by atoms with E-state index in [9.17, 15) is 8.42 Å². The second-order valence-corrected chi connectivity index (χ2v) is 6.28. The third-order valence-corrected chi connectivity index (χ3v) is 3.77. The molecule has 17 heavy (non-hydrogen) atoms. The summed E-state index contributed by atoms with van der Waals surface area (Å²) in [5.74, 6) is 0.365. The number of ether oxygens (including phenoxy) is 2. The van der Waals surface area contributed by atoms with Gasteiger partial charge in [-0.3, -0.25) is 0 Å². The van der Waals surface area contributed by atoms with Gasteiger partial charge in [0.05, 0.1) is 12.3 Å². The highest BCUT2D eigenvalue weighted by molar-refractivity contribution is 8.13. The van der Waals surface area contributed by atoms with Crippen LogP contribution in [0.25, 0.3) is 0 Å². The summed E-state index contributed by atoms with van der Waals surface area (Å²) in [5, 5.41) is 0. The van der Waals surface area contributed by atoms with Crippen LogP contribution < -0.4 is 4.74 Å². The minimum Gasteiger partial charge on any atom is -0.475 e. The Kier molecular flexibility index (Phi) is 3.86. The highest BCUT2D eigenvalue weighted by atomic mass is 35.7. The van der Waals surface area contributed by atoms with Crippen molar-refractivity contribution in [3.63, 3.8) is 0 Å². The summed E-state index contributed by atoms with van der Waals surface area (Å²) in [7, 11) is 1.44. The molecular formula is C10H12ClNO4S. The Bertz CT molecular complexity index is 468. The number of rotatable bonds is 4. The van der Waals surface area contributed by atoms with Crippen molar-refractivity contribution in [2.75, 3.05) is 13.2 Å². The van der Waals surface area contributed by atoms with Gasteiger partial charge in [-0.1, -0.05) is 0 Å². The quantitative estimate of drug-likeness (QED) is 0.782. The van der Waals surface area contributed by atoms with E-state index in [4.69, 9.17) is 20.2 Å². The molecule has 7 heteroatoms. The van der Waals surface area contributed by atoms with E-state index in [2.05, 4.69) is 4.98 Å². The van der Waals surface area contributed by atoms with Crippen LogP contribution in [-0.4, -0.2) is 32.7 Å². The second kappa shape index (κ2) is 5.20. The standard InChI is InChI=1S/C10H12ClNO4S/c11-17(13,14)9-3-4-10(12-6-9)16-7-8-2-1-5-15-8/h3-4,6,8H,1-2,5,7H2. The molecule has 1 fully saturated rings. The van der Waals surface area contributed by atoms with E-state index in [0.29, 0.717) is 12.5 Å². The first-order valence-corrected chi connectivity index (χ1v) is 7.52. The fraction of sp³-hybridized carbons (Fsp3) is 0.500. The SMILES string of the molecule is O=S(=O)(Cl)c1ccc(OCC2CCCO2)nc1. The minimum atomic E-state index is -3.72. The maximum atomic E-state index is 11.0. The molecule has 0 aromatic carbocycles. The van der Waals surface area contributed by atoms with Crippen molar-refractivity contribution in [2.24, 2.45) is 0 Å². The normalized spacial score (nSPS) is 20.4. The van der Waals surface area contributed by atoms with E-state index in [1.54, 1.807) is 0 Å². The van der Waals surface area contributed by atoms with Crippen LogP contribution in [0.1, 0.15) is 12.8 Å². The molecule has 2 rings (SSSR count). The van der Waals surface area contributed by atoms with Crippen molar-refractivity contribution in [3.05, 3.63) is 18.3 Å². The molecule has 0 amide bonds. The molecule has 94 valence electrons. The molecule has 5 nitrogen and oxygen atoms in total. The summed E-state index contributed by atoms with van der Waals surface area (Å²) >= 11 is 0. The summed E-state index contributed by atoms with van der Waals surface area (Å²) in [4.78, 5) is 3.83. The summed E-state index contributed by atoms with van der Waals surface area (Å²) in [6.45, 7) is 1.20. The topological polar surface area (TPSA) is 65.5 Å². The lowest BCUT2D eigenvalue weighted by molar-refractivity contribution is 0.0663. The average Bonchev–Trinajstić information content (AvgIpc) is 2.78. The molecule has 1 atom stereocenters. The second-order valence-electron chi connectivity index (χ2n) is 3.72. The van der Waals surface area contributed by atoms with Crippen molar-refractivity contribution in [3.8, 4) is 5.88 Å². The third kappa shape index (κ3) is 3.55. The van der Waals surface area contributed by atoms with Crippen molar-refractivity contribution < 1.29 is 17.9 Å². The monoisotopic (exact) mass is 277 g/mol. The maximum absolute atomic E-state index is 11.0. The number of hydrogen-bond acceptors (Lipinski definition) is 5. The first-order valence-electron chi connectivity index (χ1n) is 5.21.